The van der Waals surface area contributed by atoms with Crippen LogP contribution in [0.1, 0.15) is 10.4 Å². The Kier molecular flexibility index (Phi) is 3.68. The van der Waals surface area contributed by atoms with Crippen LogP contribution in [0.15, 0.2) is 30.3 Å². The fourth-order valence-electron chi connectivity index (χ4n) is 1.99. The summed E-state index contributed by atoms with van der Waals surface area (Å²) in [7, 11) is -3.14. The molecule has 0 unspecified atom stereocenters. The van der Waals surface area contributed by atoms with Crippen molar-refractivity contribution in [3.05, 3.63) is 35.9 Å². The highest BCUT2D eigenvalue weighted by molar-refractivity contribution is 7.88. The van der Waals surface area contributed by atoms with Gasteiger partial charge in [-0.3, -0.25) is 4.79 Å². The first-order chi connectivity index (χ1) is 8.48. The van der Waals surface area contributed by atoms with Gasteiger partial charge >= 0.3 is 0 Å². The minimum Gasteiger partial charge on any atom is -0.336 e. The molecule has 0 bridgehead atoms. The van der Waals surface area contributed by atoms with Gasteiger partial charge in [-0.2, -0.15) is 4.31 Å². The average Bonchev–Trinajstić information content (AvgIpc) is 2.38. The zero-order valence-corrected chi connectivity index (χ0v) is 11.1. The van der Waals surface area contributed by atoms with Crippen molar-refractivity contribution in [2.75, 3.05) is 32.4 Å². The molecule has 1 aromatic rings. The molecule has 1 amide bonds. The van der Waals surface area contributed by atoms with Crippen molar-refractivity contribution < 1.29 is 13.2 Å². The molecule has 0 aliphatic carbocycles. The van der Waals surface area contributed by atoms with Crippen molar-refractivity contribution in [2.45, 2.75) is 0 Å². The van der Waals surface area contributed by atoms with Gasteiger partial charge in [-0.25, -0.2) is 8.42 Å². The van der Waals surface area contributed by atoms with E-state index in [2.05, 4.69) is 0 Å². The summed E-state index contributed by atoms with van der Waals surface area (Å²) in [6.45, 7) is 1.64. The highest BCUT2D eigenvalue weighted by Gasteiger charge is 2.26. The van der Waals surface area contributed by atoms with Crippen molar-refractivity contribution >= 4 is 15.9 Å². The standard InChI is InChI=1S/C12H16N2O3S/c1-18(16,17)14-9-7-13(8-10-14)12(15)11-5-3-2-4-6-11/h2-6H,7-10H2,1H3. The van der Waals surface area contributed by atoms with Gasteiger partial charge in [-0.15, -0.1) is 0 Å². The number of benzene rings is 1. The number of sulfonamides is 1. The Labute approximate surface area is 107 Å². The quantitative estimate of drug-likeness (QED) is 0.780. The number of piperazine rings is 1. The second-order valence-corrected chi connectivity index (χ2v) is 6.30. The Morgan fingerprint density at radius 3 is 2.11 bits per heavy atom. The fourth-order valence-corrected chi connectivity index (χ4v) is 2.81. The van der Waals surface area contributed by atoms with E-state index in [-0.39, 0.29) is 5.91 Å². The lowest BCUT2D eigenvalue weighted by atomic mass is 10.2. The zero-order chi connectivity index (χ0) is 13.2. The molecule has 0 N–H and O–H groups in total. The van der Waals surface area contributed by atoms with Crippen LogP contribution in [0.25, 0.3) is 0 Å². The lowest BCUT2D eigenvalue weighted by Crippen LogP contribution is -2.50. The second-order valence-electron chi connectivity index (χ2n) is 4.32. The van der Waals surface area contributed by atoms with Crippen LogP contribution in [-0.4, -0.2) is 56.0 Å². The van der Waals surface area contributed by atoms with Gasteiger partial charge in [0, 0.05) is 31.7 Å². The number of hydrogen-bond acceptors (Lipinski definition) is 3. The fraction of sp³-hybridized carbons (Fsp3) is 0.417. The molecule has 0 atom stereocenters. The molecule has 5 nitrogen and oxygen atoms in total. The Morgan fingerprint density at radius 1 is 1.06 bits per heavy atom. The smallest absolute Gasteiger partial charge is 0.253 e. The molecule has 0 radical (unpaired) electrons. The zero-order valence-electron chi connectivity index (χ0n) is 10.2. The van der Waals surface area contributed by atoms with Gasteiger partial charge in [-0.1, -0.05) is 18.2 Å². The monoisotopic (exact) mass is 268 g/mol. The Hall–Kier alpha value is -1.40. The van der Waals surface area contributed by atoms with Crippen LogP contribution in [0.3, 0.4) is 0 Å². The van der Waals surface area contributed by atoms with Crippen LogP contribution in [0, 0.1) is 0 Å². The summed E-state index contributed by atoms with van der Waals surface area (Å²) < 4.78 is 24.1. The number of nitrogens with zero attached hydrogens (tertiary/aromatic N) is 2. The lowest BCUT2D eigenvalue weighted by Gasteiger charge is -2.33. The van der Waals surface area contributed by atoms with Crippen molar-refractivity contribution in [3.8, 4) is 0 Å². The Bertz CT molecular complexity index is 520. The van der Waals surface area contributed by atoms with E-state index < -0.39 is 10.0 Å². The molecular formula is C12H16N2O3S. The summed E-state index contributed by atoms with van der Waals surface area (Å²) in [5, 5.41) is 0. The molecule has 6 heteroatoms. The predicted molar refractivity (Wildman–Crippen MR) is 68.8 cm³/mol. The van der Waals surface area contributed by atoms with Gasteiger partial charge < -0.3 is 4.90 Å². The van der Waals surface area contributed by atoms with E-state index in [0.717, 1.165) is 0 Å². The number of amides is 1. The summed E-state index contributed by atoms with van der Waals surface area (Å²) in [5.41, 5.74) is 0.644. The van der Waals surface area contributed by atoms with Crippen molar-refractivity contribution in [1.82, 2.24) is 9.21 Å². The number of hydrogen-bond donors (Lipinski definition) is 0. The summed E-state index contributed by atoms with van der Waals surface area (Å²) in [6.07, 6.45) is 1.20. The average molecular weight is 268 g/mol. The topological polar surface area (TPSA) is 57.7 Å². The molecular weight excluding hydrogens is 252 g/mol. The number of carbonyl (C=O) groups is 1. The molecule has 0 spiro atoms. The van der Waals surface area contributed by atoms with Gasteiger partial charge in [0.15, 0.2) is 0 Å². The minimum atomic E-state index is -3.14. The predicted octanol–water partition coefficient (Wildman–Crippen LogP) is 0.404. The summed E-state index contributed by atoms with van der Waals surface area (Å²) in [5.74, 6) is -0.0382. The van der Waals surface area contributed by atoms with E-state index >= 15 is 0 Å². The van der Waals surface area contributed by atoms with E-state index in [0.29, 0.717) is 31.7 Å². The molecule has 1 saturated heterocycles. The summed E-state index contributed by atoms with van der Waals surface area (Å²) in [4.78, 5) is 13.8. The summed E-state index contributed by atoms with van der Waals surface area (Å²) >= 11 is 0. The van der Waals surface area contributed by atoms with Crippen molar-refractivity contribution in [2.24, 2.45) is 0 Å². The van der Waals surface area contributed by atoms with Crippen LogP contribution < -0.4 is 0 Å². The van der Waals surface area contributed by atoms with Crippen LogP contribution in [0.5, 0.6) is 0 Å². The van der Waals surface area contributed by atoms with E-state index in [1.165, 1.54) is 10.6 Å². The molecule has 0 saturated carbocycles. The van der Waals surface area contributed by atoms with Crippen LogP contribution in [0.2, 0.25) is 0 Å². The van der Waals surface area contributed by atoms with Crippen LogP contribution in [0.4, 0.5) is 0 Å². The maximum atomic E-state index is 12.1. The molecule has 1 heterocycles. The normalized spacial score (nSPS) is 17.7. The largest absolute Gasteiger partial charge is 0.336 e. The van der Waals surface area contributed by atoms with E-state index in [9.17, 15) is 13.2 Å². The van der Waals surface area contributed by atoms with Crippen molar-refractivity contribution in [1.29, 1.82) is 0 Å². The number of rotatable bonds is 2. The highest BCUT2D eigenvalue weighted by Crippen LogP contribution is 2.10. The molecule has 1 fully saturated rings. The first-order valence-electron chi connectivity index (χ1n) is 5.78. The van der Waals surface area contributed by atoms with Gasteiger partial charge in [0.1, 0.15) is 0 Å². The molecule has 2 rings (SSSR count). The molecule has 18 heavy (non-hydrogen) atoms. The molecule has 1 aliphatic rings. The third-order valence-electron chi connectivity index (χ3n) is 3.02. The SMILES string of the molecule is CS(=O)(=O)N1CCN(C(=O)c2ccccc2)CC1. The van der Waals surface area contributed by atoms with E-state index in [4.69, 9.17) is 0 Å². The van der Waals surface area contributed by atoms with Gasteiger partial charge in [-0.05, 0) is 12.1 Å². The lowest BCUT2D eigenvalue weighted by molar-refractivity contribution is 0.0698. The van der Waals surface area contributed by atoms with E-state index in [1.54, 1.807) is 17.0 Å². The molecule has 1 aliphatic heterocycles. The summed E-state index contributed by atoms with van der Waals surface area (Å²) in [6, 6.07) is 9.04. The maximum Gasteiger partial charge on any atom is 0.253 e. The van der Waals surface area contributed by atoms with Gasteiger partial charge in [0.2, 0.25) is 10.0 Å². The highest BCUT2D eigenvalue weighted by atomic mass is 32.2. The van der Waals surface area contributed by atoms with E-state index in [1.807, 2.05) is 18.2 Å². The van der Waals surface area contributed by atoms with Gasteiger partial charge in [0.25, 0.3) is 5.91 Å². The van der Waals surface area contributed by atoms with Crippen LogP contribution in [-0.2, 0) is 10.0 Å². The first kappa shape index (κ1) is 13.0. The number of carbonyl (C=O) groups excluding carboxylic acids is 1. The first-order valence-corrected chi connectivity index (χ1v) is 7.63. The van der Waals surface area contributed by atoms with Gasteiger partial charge in [0.05, 0.1) is 6.26 Å². The molecule has 98 valence electrons. The van der Waals surface area contributed by atoms with Crippen LogP contribution >= 0.6 is 0 Å². The Morgan fingerprint density at radius 2 is 1.61 bits per heavy atom. The third-order valence-corrected chi connectivity index (χ3v) is 4.32. The maximum absolute atomic E-state index is 12.1. The molecule has 1 aromatic carbocycles. The minimum absolute atomic E-state index is 0.0382. The Balaban J connectivity index is 2.01. The van der Waals surface area contributed by atoms with Crippen molar-refractivity contribution in [3.63, 3.8) is 0 Å². The third kappa shape index (κ3) is 2.88. The molecule has 0 aromatic heterocycles. The second kappa shape index (κ2) is 5.07.